The van der Waals surface area contributed by atoms with Gasteiger partial charge in [-0.2, -0.15) is 10.2 Å². The lowest BCUT2D eigenvalue weighted by atomic mass is 10.2. The van der Waals surface area contributed by atoms with Crippen LogP contribution in [-0.4, -0.2) is 25.6 Å². The number of carbonyl (C=O) groups excluding carboxylic acids is 1. The lowest BCUT2D eigenvalue weighted by Gasteiger charge is -2.10. The van der Waals surface area contributed by atoms with Crippen LogP contribution in [0.25, 0.3) is 0 Å². The van der Waals surface area contributed by atoms with Gasteiger partial charge in [-0.3, -0.25) is 9.36 Å². The van der Waals surface area contributed by atoms with Gasteiger partial charge in [0.25, 0.3) is 0 Å². The summed E-state index contributed by atoms with van der Waals surface area (Å²) in [6.07, 6.45) is 0. The fourth-order valence-electron chi connectivity index (χ4n) is 4.00. The van der Waals surface area contributed by atoms with Gasteiger partial charge >= 0.3 is 6.03 Å². The molecule has 33 heavy (non-hydrogen) atoms. The van der Waals surface area contributed by atoms with Gasteiger partial charge in [0.2, 0.25) is 0 Å². The van der Waals surface area contributed by atoms with Crippen molar-refractivity contribution in [3.8, 4) is 0 Å². The molecule has 2 N–H and O–H groups in total. The monoisotopic (exact) mass is 442 g/mol. The standard InChI is InChI=1S/C26H30N6O/c1-18-13-19(2)31(29-18)17-23-11-8-12-24(14-23)28-26(33)27-15-25-20(3)30-32(21(25)4)16-22-9-6-5-7-10-22/h5-14H,15-17H2,1-4H3,(H2,27,28,33). The number of carbonyl (C=O) groups is 1. The highest BCUT2D eigenvalue weighted by Gasteiger charge is 2.13. The van der Waals surface area contributed by atoms with E-state index in [0.717, 1.165) is 39.6 Å². The summed E-state index contributed by atoms with van der Waals surface area (Å²) in [6.45, 7) is 9.84. The Balaban J connectivity index is 1.36. The molecule has 0 aliphatic rings. The summed E-state index contributed by atoms with van der Waals surface area (Å²) >= 11 is 0. The summed E-state index contributed by atoms with van der Waals surface area (Å²) in [5.74, 6) is 0. The van der Waals surface area contributed by atoms with Crippen LogP contribution < -0.4 is 10.6 Å². The van der Waals surface area contributed by atoms with E-state index < -0.39 is 0 Å². The maximum Gasteiger partial charge on any atom is 0.319 e. The van der Waals surface area contributed by atoms with Crippen LogP contribution in [0.1, 0.15) is 39.5 Å². The molecule has 0 atom stereocenters. The van der Waals surface area contributed by atoms with E-state index in [1.54, 1.807) is 0 Å². The van der Waals surface area contributed by atoms with Crippen molar-refractivity contribution in [2.75, 3.05) is 5.32 Å². The second kappa shape index (κ2) is 9.73. The van der Waals surface area contributed by atoms with E-state index in [9.17, 15) is 4.79 Å². The van der Waals surface area contributed by atoms with Gasteiger partial charge in [0.05, 0.1) is 24.5 Å². The first-order valence-electron chi connectivity index (χ1n) is 11.1. The number of urea groups is 1. The predicted octanol–water partition coefficient (Wildman–Crippen LogP) is 4.73. The molecule has 0 unspecified atom stereocenters. The maximum absolute atomic E-state index is 12.6. The number of nitrogens with one attached hydrogen (secondary N) is 2. The van der Waals surface area contributed by atoms with Crippen molar-refractivity contribution < 1.29 is 4.79 Å². The van der Waals surface area contributed by atoms with Gasteiger partial charge in [-0.05, 0) is 57.0 Å². The van der Waals surface area contributed by atoms with Gasteiger partial charge in [0, 0.05) is 29.2 Å². The second-order valence-corrected chi connectivity index (χ2v) is 8.39. The van der Waals surface area contributed by atoms with Crippen molar-refractivity contribution in [2.24, 2.45) is 0 Å². The first-order chi connectivity index (χ1) is 15.9. The highest BCUT2D eigenvalue weighted by atomic mass is 16.2. The van der Waals surface area contributed by atoms with Gasteiger partial charge in [0.1, 0.15) is 0 Å². The molecule has 2 aromatic heterocycles. The molecular formula is C26H30N6O. The Morgan fingerprint density at radius 2 is 1.58 bits per heavy atom. The Hall–Kier alpha value is -3.87. The average molecular weight is 443 g/mol. The van der Waals surface area contributed by atoms with Crippen LogP contribution in [0, 0.1) is 27.7 Å². The molecule has 4 rings (SSSR count). The smallest absolute Gasteiger partial charge is 0.319 e. The van der Waals surface area contributed by atoms with E-state index in [4.69, 9.17) is 0 Å². The summed E-state index contributed by atoms with van der Waals surface area (Å²) in [7, 11) is 0. The summed E-state index contributed by atoms with van der Waals surface area (Å²) < 4.78 is 3.95. The molecule has 0 bridgehead atoms. The number of hydrogen-bond acceptors (Lipinski definition) is 3. The molecule has 2 amide bonds. The summed E-state index contributed by atoms with van der Waals surface area (Å²) in [5, 5.41) is 15.1. The highest BCUT2D eigenvalue weighted by molar-refractivity contribution is 5.89. The first-order valence-corrected chi connectivity index (χ1v) is 11.1. The van der Waals surface area contributed by atoms with Gasteiger partial charge in [-0.25, -0.2) is 4.79 Å². The summed E-state index contributed by atoms with van der Waals surface area (Å²) in [5.41, 5.74) is 8.16. The number of anilines is 1. The molecule has 0 saturated carbocycles. The van der Waals surface area contributed by atoms with Gasteiger partial charge < -0.3 is 10.6 Å². The zero-order chi connectivity index (χ0) is 23.4. The fraction of sp³-hybridized carbons (Fsp3) is 0.269. The van der Waals surface area contributed by atoms with Crippen molar-refractivity contribution in [3.63, 3.8) is 0 Å². The largest absolute Gasteiger partial charge is 0.334 e. The minimum Gasteiger partial charge on any atom is -0.334 e. The van der Waals surface area contributed by atoms with Crippen molar-refractivity contribution >= 4 is 11.7 Å². The molecule has 7 nitrogen and oxygen atoms in total. The molecule has 0 radical (unpaired) electrons. The zero-order valence-electron chi connectivity index (χ0n) is 19.6. The Morgan fingerprint density at radius 3 is 2.30 bits per heavy atom. The first kappa shape index (κ1) is 22.3. The molecule has 0 aliphatic heterocycles. The van der Waals surface area contributed by atoms with E-state index in [-0.39, 0.29) is 6.03 Å². The van der Waals surface area contributed by atoms with Crippen LogP contribution in [0.15, 0.2) is 60.7 Å². The van der Waals surface area contributed by atoms with E-state index in [1.807, 2.05) is 79.5 Å². The quantitative estimate of drug-likeness (QED) is 0.434. The normalized spacial score (nSPS) is 10.9. The third kappa shape index (κ3) is 5.49. The predicted molar refractivity (Wildman–Crippen MR) is 130 cm³/mol. The number of aryl methyl sites for hydroxylation is 3. The number of rotatable bonds is 7. The van der Waals surface area contributed by atoms with Gasteiger partial charge in [0.15, 0.2) is 0 Å². The van der Waals surface area contributed by atoms with Crippen LogP contribution in [0.4, 0.5) is 10.5 Å². The van der Waals surface area contributed by atoms with E-state index >= 15 is 0 Å². The number of hydrogen-bond donors (Lipinski definition) is 2. The lowest BCUT2D eigenvalue weighted by Crippen LogP contribution is -2.28. The third-order valence-electron chi connectivity index (χ3n) is 5.75. The highest BCUT2D eigenvalue weighted by Crippen LogP contribution is 2.16. The number of nitrogens with zero attached hydrogens (tertiary/aromatic N) is 4. The molecule has 0 spiro atoms. The SMILES string of the molecule is Cc1cc(C)n(Cc2cccc(NC(=O)NCc3c(C)nn(Cc4ccccc4)c3C)c2)n1. The van der Waals surface area contributed by atoms with Crippen LogP contribution in [0.5, 0.6) is 0 Å². The fourth-order valence-corrected chi connectivity index (χ4v) is 4.00. The number of amides is 2. The van der Waals surface area contributed by atoms with Gasteiger partial charge in [-0.15, -0.1) is 0 Å². The molecule has 170 valence electrons. The average Bonchev–Trinajstić information content (AvgIpc) is 3.24. The Bertz CT molecular complexity index is 1260. The number of benzene rings is 2. The van der Waals surface area contributed by atoms with E-state index in [0.29, 0.717) is 19.6 Å². The minimum atomic E-state index is -0.243. The molecular weight excluding hydrogens is 412 g/mol. The summed E-state index contributed by atoms with van der Waals surface area (Å²) in [4.78, 5) is 12.6. The van der Waals surface area contributed by atoms with Crippen LogP contribution in [-0.2, 0) is 19.6 Å². The Morgan fingerprint density at radius 1 is 0.848 bits per heavy atom. The molecule has 0 aliphatic carbocycles. The lowest BCUT2D eigenvalue weighted by molar-refractivity contribution is 0.251. The molecule has 7 heteroatoms. The molecule has 4 aromatic rings. The van der Waals surface area contributed by atoms with Crippen molar-refractivity contribution in [1.29, 1.82) is 0 Å². The Labute approximate surface area is 194 Å². The molecule has 2 heterocycles. The van der Waals surface area contributed by atoms with E-state index in [2.05, 4.69) is 39.0 Å². The third-order valence-corrected chi connectivity index (χ3v) is 5.75. The maximum atomic E-state index is 12.6. The van der Waals surface area contributed by atoms with Crippen molar-refractivity contribution in [1.82, 2.24) is 24.9 Å². The molecule has 0 fully saturated rings. The minimum absolute atomic E-state index is 0.243. The van der Waals surface area contributed by atoms with E-state index in [1.165, 1.54) is 5.56 Å². The second-order valence-electron chi connectivity index (χ2n) is 8.39. The molecule has 2 aromatic carbocycles. The van der Waals surface area contributed by atoms with Crippen LogP contribution >= 0.6 is 0 Å². The zero-order valence-corrected chi connectivity index (χ0v) is 19.6. The topological polar surface area (TPSA) is 76.8 Å². The summed E-state index contributed by atoms with van der Waals surface area (Å²) in [6, 6.07) is 19.9. The Kier molecular flexibility index (Phi) is 6.58. The number of aromatic nitrogens is 4. The van der Waals surface area contributed by atoms with Crippen LogP contribution in [0.3, 0.4) is 0 Å². The van der Waals surface area contributed by atoms with Crippen molar-refractivity contribution in [3.05, 3.63) is 100 Å². The van der Waals surface area contributed by atoms with Crippen LogP contribution in [0.2, 0.25) is 0 Å². The van der Waals surface area contributed by atoms with Gasteiger partial charge in [-0.1, -0.05) is 42.5 Å². The molecule has 0 saturated heterocycles. The van der Waals surface area contributed by atoms with Crippen molar-refractivity contribution in [2.45, 2.75) is 47.3 Å².